The van der Waals surface area contributed by atoms with Gasteiger partial charge in [0.2, 0.25) is 5.91 Å². The molecule has 0 bridgehead atoms. The van der Waals surface area contributed by atoms with Crippen LogP contribution in [0.3, 0.4) is 0 Å². The molecule has 2 aromatic carbocycles. The van der Waals surface area contributed by atoms with Crippen LogP contribution in [0, 0.1) is 0 Å². The van der Waals surface area contributed by atoms with Crippen LogP contribution in [0.25, 0.3) is 0 Å². The second-order valence-corrected chi connectivity index (χ2v) is 6.88. The van der Waals surface area contributed by atoms with Gasteiger partial charge in [0.05, 0.1) is 10.9 Å². The smallest absolute Gasteiger partial charge is 0.264 e. The third-order valence-corrected chi connectivity index (χ3v) is 4.36. The van der Waals surface area contributed by atoms with Gasteiger partial charge in [-0.1, -0.05) is 43.3 Å². The topological polar surface area (TPSA) is 79.5 Å². The molecule has 0 aliphatic heterocycles. The van der Waals surface area contributed by atoms with Gasteiger partial charge in [-0.25, -0.2) is 0 Å². The highest BCUT2D eigenvalue weighted by Gasteiger charge is 2.09. The van der Waals surface area contributed by atoms with Crippen LogP contribution < -0.4 is 20.9 Å². The lowest BCUT2D eigenvalue weighted by atomic mass is 10.1. The summed E-state index contributed by atoms with van der Waals surface area (Å²) in [4.78, 5) is 23.7. The average Bonchev–Trinajstić information content (AvgIpc) is 2.66. The van der Waals surface area contributed by atoms with Crippen molar-refractivity contribution in [1.29, 1.82) is 0 Å². The second-order valence-electron chi connectivity index (χ2n) is 5.62. The van der Waals surface area contributed by atoms with Gasteiger partial charge in [0, 0.05) is 0 Å². The highest BCUT2D eigenvalue weighted by molar-refractivity contribution is 9.10. The molecule has 27 heavy (non-hydrogen) atoms. The number of aryl methyl sites for hydroxylation is 1. The number of amides is 2. The summed E-state index contributed by atoms with van der Waals surface area (Å²) in [5, 5.41) is 2.43. The first kappa shape index (κ1) is 20.9. The summed E-state index contributed by atoms with van der Waals surface area (Å²) in [6.07, 6.45) is 1.12. The Balaban J connectivity index is 1.70. The Hall–Kier alpha value is -2.45. The van der Waals surface area contributed by atoms with E-state index in [9.17, 15) is 9.59 Å². The van der Waals surface area contributed by atoms with E-state index in [0.717, 1.165) is 22.0 Å². The molecule has 0 saturated heterocycles. The maximum atomic E-state index is 11.9. The first-order chi connectivity index (χ1) is 13.0. The Labute approximate surface area is 171 Å². The normalized spacial score (nSPS) is 10.0. The predicted octanol–water partition coefficient (Wildman–Crippen LogP) is 2.65. The van der Waals surface area contributed by atoms with E-state index in [4.69, 9.17) is 17.0 Å². The number of thiocarbonyl (C=S) groups is 1. The average molecular weight is 450 g/mol. The SMILES string of the molecule is CCc1ccc(OCC(=O)NC(=S)NNC(=O)Cc2ccccc2)c(Br)c1. The number of hydrogen-bond donors (Lipinski definition) is 3. The fraction of sp³-hybridized carbons (Fsp3) is 0.211. The molecule has 0 aliphatic rings. The third-order valence-electron chi connectivity index (χ3n) is 3.54. The zero-order valence-corrected chi connectivity index (χ0v) is 17.2. The molecular formula is C19H20BrN3O3S. The number of ether oxygens (including phenoxy) is 1. The molecular weight excluding hydrogens is 430 g/mol. The van der Waals surface area contributed by atoms with E-state index < -0.39 is 5.91 Å². The predicted molar refractivity (Wildman–Crippen MR) is 111 cm³/mol. The molecule has 0 unspecified atom stereocenters. The van der Waals surface area contributed by atoms with Crippen LogP contribution in [0.2, 0.25) is 0 Å². The molecule has 3 N–H and O–H groups in total. The number of hydrazine groups is 1. The first-order valence-electron chi connectivity index (χ1n) is 8.31. The molecule has 0 aromatic heterocycles. The summed E-state index contributed by atoms with van der Waals surface area (Å²) < 4.78 is 6.25. The number of nitrogens with one attached hydrogen (secondary N) is 3. The Morgan fingerprint density at radius 2 is 1.78 bits per heavy atom. The van der Waals surface area contributed by atoms with Crippen molar-refractivity contribution in [3.63, 3.8) is 0 Å². The lowest BCUT2D eigenvalue weighted by Gasteiger charge is -2.12. The maximum Gasteiger partial charge on any atom is 0.264 e. The van der Waals surface area contributed by atoms with E-state index in [2.05, 4.69) is 39.0 Å². The van der Waals surface area contributed by atoms with Crippen LogP contribution >= 0.6 is 28.1 Å². The molecule has 0 radical (unpaired) electrons. The Morgan fingerprint density at radius 3 is 2.44 bits per heavy atom. The second kappa shape index (κ2) is 10.6. The van der Waals surface area contributed by atoms with Gasteiger partial charge in [-0.05, 0) is 57.8 Å². The van der Waals surface area contributed by atoms with E-state index >= 15 is 0 Å². The summed E-state index contributed by atoms with van der Waals surface area (Å²) >= 11 is 8.39. The van der Waals surface area contributed by atoms with Gasteiger partial charge >= 0.3 is 0 Å². The molecule has 2 amide bonds. The van der Waals surface area contributed by atoms with Crippen LogP contribution in [0.5, 0.6) is 5.75 Å². The standard InChI is InChI=1S/C19H20BrN3O3S/c1-2-13-8-9-16(15(20)10-13)26-12-18(25)21-19(27)23-22-17(24)11-14-6-4-3-5-7-14/h3-10H,2,11-12H2,1H3,(H,22,24)(H2,21,23,25,27). The van der Waals surface area contributed by atoms with Gasteiger partial charge in [0.15, 0.2) is 11.7 Å². The maximum absolute atomic E-state index is 11.9. The van der Waals surface area contributed by atoms with E-state index in [1.807, 2.05) is 42.5 Å². The van der Waals surface area contributed by atoms with Crippen molar-refractivity contribution < 1.29 is 14.3 Å². The zero-order chi connectivity index (χ0) is 19.6. The van der Waals surface area contributed by atoms with Crippen LogP contribution in [0.15, 0.2) is 53.0 Å². The zero-order valence-electron chi connectivity index (χ0n) is 14.8. The van der Waals surface area contributed by atoms with Crippen molar-refractivity contribution in [2.75, 3.05) is 6.61 Å². The molecule has 0 aliphatic carbocycles. The summed E-state index contributed by atoms with van der Waals surface area (Å²) in [5.74, 6) is -0.136. The van der Waals surface area contributed by atoms with E-state index in [1.165, 1.54) is 0 Å². The molecule has 0 heterocycles. The molecule has 0 atom stereocenters. The number of rotatable bonds is 6. The minimum Gasteiger partial charge on any atom is -0.483 e. The monoisotopic (exact) mass is 449 g/mol. The lowest BCUT2D eigenvalue weighted by molar-refractivity contribution is -0.122. The Bertz CT molecular complexity index is 815. The van der Waals surface area contributed by atoms with Gasteiger partial charge in [-0.15, -0.1) is 0 Å². The van der Waals surface area contributed by atoms with Gasteiger partial charge in [0.25, 0.3) is 5.91 Å². The quantitative estimate of drug-likeness (QED) is 0.466. The fourth-order valence-corrected chi connectivity index (χ4v) is 2.88. The van der Waals surface area contributed by atoms with Crippen LogP contribution in [-0.4, -0.2) is 23.5 Å². The number of hydrogen-bond acceptors (Lipinski definition) is 4. The number of carbonyl (C=O) groups excluding carboxylic acids is 2. The molecule has 0 fully saturated rings. The summed E-state index contributed by atoms with van der Waals surface area (Å²) in [6.45, 7) is 1.85. The molecule has 6 nitrogen and oxygen atoms in total. The van der Waals surface area contributed by atoms with E-state index in [1.54, 1.807) is 6.07 Å². The van der Waals surface area contributed by atoms with Crippen LogP contribution in [0.1, 0.15) is 18.1 Å². The van der Waals surface area contributed by atoms with Gasteiger partial charge in [-0.3, -0.25) is 25.8 Å². The molecule has 142 valence electrons. The van der Waals surface area contributed by atoms with Gasteiger partial charge < -0.3 is 4.74 Å². The number of halogens is 1. The Kier molecular flexibility index (Phi) is 8.22. The van der Waals surface area contributed by atoms with Crippen molar-refractivity contribution in [3.8, 4) is 5.75 Å². The largest absolute Gasteiger partial charge is 0.483 e. The summed E-state index contributed by atoms with van der Waals surface area (Å²) in [7, 11) is 0. The molecule has 2 rings (SSSR count). The van der Waals surface area contributed by atoms with Crippen molar-refractivity contribution in [3.05, 3.63) is 64.1 Å². The van der Waals surface area contributed by atoms with Crippen molar-refractivity contribution in [2.24, 2.45) is 0 Å². The Morgan fingerprint density at radius 1 is 1.04 bits per heavy atom. The van der Waals surface area contributed by atoms with Crippen molar-refractivity contribution >= 4 is 45.1 Å². The van der Waals surface area contributed by atoms with Crippen LogP contribution in [0.4, 0.5) is 0 Å². The van der Waals surface area contributed by atoms with E-state index in [-0.39, 0.29) is 24.0 Å². The van der Waals surface area contributed by atoms with Gasteiger partial charge in [-0.2, -0.15) is 0 Å². The molecule has 0 saturated carbocycles. The molecule has 0 spiro atoms. The number of carbonyl (C=O) groups is 2. The van der Waals surface area contributed by atoms with Gasteiger partial charge in [0.1, 0.15) is 5.75 Å². The third kappa shape index (κ3) is 7.36. The van der Waals surface area contributed by atoms with E-state index in [0.29, 0.717) is 5.75 Å². The number of benzene rings is 2. The highest BCUT2D eigenvalue weighted by Crippen LogP contribution is 2.26. The lowest BCUT2D eigenvalue weighted by Crippen LogP contribution is -2.49. The van der Waals surface area contributed by atoms with Crippen molar-refractivity contribution in [2.45, 2.75) is 19.8 Å². The molecule has 8 heteroatoms. The summed E-state index contributed by atoms with van der Waals surface area (Å²) in [6, 6.07) is 15.0. The summed E-state index contributed by atoms with van der Waals surface area (Å²) in [5.41, 5.74) is 6.97. The molecule has 2 aromatic rings. The van der Waals surface area contributed by atoms with Crippen LogP contribution in [-0.2, 0) is 22.4 Å². The van der Waals surface area contributed by atoms with Crippen molar-refractivity contribution in [1.82, 2.24) is 16.2 Å². The highest BCUT2D eigenvalue weighted by atomic mass is 79.9. The fourth-order valence-electron chi connectivity index (χ4n) is 2.17. The first-order valence-corrected chi connectivity index (χ1v) is 9.52. The minimum atomic E-state index is -0.434. The minimum absolute atomic E-state index is 0.00888.